The zero-order valence-corrected chi connectivity index (χ0v) is 19.7. The Hall–Kier alpha value is -3.41. The number of rotatable bonds is 4. The molecule has 1 N–H and O–H groups in total. The third-order valence-corrected chi connectivity index (χ3v) is 8.18. The van der Waals surface area contributed by atoms with Gasteiger partial charge in [-0.15, -0.1) is 11.3 Å². The van der Waals surface area contributed by atoms with Crippen molar-refractivity contribution in [1.29, 1.82) is 5.26 Å². The van der Waals surface area contributed by atoms with Gasteiger partial charge in [0.15, 0.2) is 5.16 Å². The molecule has 1 aliphatic rings. The van der Waals surface area contributed by atoms with Crippen LogP contribution in [0.1, 0.15) is 23.6 Å². The van der Waals surface area contributed by atoms with E-state index in [-0.39, 0.29) is 11.5 Å². The second-order valence-electron chi connectivity index (χ2n) is 7.91. The van der Waals surface area contributed by atoms with Crippen LogP contribution in [-0.2, 0) is 24.7 Å². The van der Waals surface area contributed by atoms with Crippen LogP contribution in [0, 0.1) is 11.3 Å². The number of anilines is 1. The molecular weight excluding hydrogens is 452 g/mol. The maximum Gasteiger partial charge on any atom is 0.261 e. The first kappa shape index (κ1) is 21.4. The molecule has 1 atom stereocenters. The number of nitrogens with zero attached hydrogens (tertiary/aromatic N) is 3. The molecule has 0 saturated carbocycles. The van der Waals surface area contributed by atoms with Gasteiger partial charge < -0.3 is 5.32 Å². The predicted octanol–water partition coefficient (Wildman–Crippen LogP) is 4.75. The Bertz CT molecular complexity index is 1510. The highest BCUT2D eigenvalue weighted by molar-refractivity contribution is 8.00. The number of aromatic nitrogens is 2. The minimum absolute atomic E-state index is 0.146. The van der Waals surface area contributed by atoms with E-state index in [1.54, 1.807) is 32.2 Å². The Kier molecular flexibility index (Phi) is 5.52. The van der Waals surface area contributed by atoms with Crippen LogP contribution in [0.15, 0.2) is 58.5 Å². The van der Waals surface area contributed by atoms with Gasteiger partial charge in [-0.3, -0.25) is 14.2 Å². The van der Waals surface area contributed by atoms with Crippen LogP contribution in [0.3, 0.4) is 0 Å². The number of hydrogen-bond donors (Lipinski definition) is 1. The summed E-state index contributed by atoms with van der Waals surface area (Å²) in [5.41, 5.74) is 4.42. The van der Waals surface area contributed by atoms with Crippen LogP contribution in [0.5, 0.6) is 0 Å². The van der Waals surface area contributed by atoms with Crippen LogP contribution in [0.2, 0.25) is 0 Å². The van der Waals surface area contributed by atoms with Crippen molar-refractivity contribution in [2.24, 2.45) is 7.05 Å². The number of nitrogens with one attached hydrogen (secondary N) is 1. The Labute approximate surface area is 198 Å². The van der Waals surface area contributed by atoms with Crippen LogP contribution >= 0.6 is 23.1 Å². The maximum atomic E-state index is 13.1. The Morgan fingerprint density at radius 2 is 1.97 bits per heavy atom. The summed E-state index contributed by atoms with van der Waals surface area (Å²) in [5, 5.41) is 13.9. The van der Waals surface area contributed by atoms with Crippen molar-refractivity contribution in [2.45, 2.75) is 30.2 Å². The first-order valence-corrected chi connectivity index (χ1v) is 12.2. The summed E-state index contributed by atoms with van der Waals surface area (Å²) < 4.78 is 1.47. The smallest absolute Gasteiger partial charge is 0.261 e. The third kappa shape index (κ3) is 3.73. The zero-order valence-electron chi connectivity index (χ0n) is 18.1. The second-order valence-corrected chi connectivity index (χ2v) is 10.2. The Morgan fingerprint density at radius 3 is 2.79 bits per heavy atom. The number of amides is 1. The average molecular weight is 473 g/mol. The molecule has 5 rings (SSSR count). The minimum Gasteiger partial charge on any atom is -0.316 e. The molecule has 1 unspecified atom stereocenters. The van der Waals surface area contributed by atoms with Gasteiger partial charge in [0.25, 0.3) is 5.56 Å². The number of hydrogen-bond acceptors (Lipinski definition) is 6. The van der Waals surface area contributed by atoms with E-state index in [1.165, 1.54) is 33.2 Å². The van der Waals surface area contributed by atoms with Gasteiger partial charge in [-0.1, -0.05) is 48.2 Å². The van der Waals surface area contributed by atoms with E-state index in [0.717, 1.165) is 28.8 Å². The lowest BCUT2D eigenvalue weighted by Crippen LogP contribution is -2.25. The van der Waals surface area contributed by atoms with Gasteiger partial charge in [0.1, 0.15) is 11.1 Å². The van der Waals surface area contributed by atoms with E-state index in [1.807, 2.05) is 18.2 Å². The number of carbonyl (C=O) groups is 1. The molecule has 164 valence electrons. The largest absolute Gasteiger partial charge is 0.316 e. The second kappa shape index (κ2) is 8.50. The molecule has 6 nitrogen and oxygen atoms in total. The molecular formula is C25H20N4O2S2. The van der Waals surface area contributed by atoms with Crippen LogP contribution < -0.4 is 10.9 Å². The number of carbonyl (C=O) groups excluding carboxylic acids is 1. The molecule has 8 heteroatoms. The highest BCUT2D eigenvalue weighted by Crippen LogP contribution is 2.45. The van der Waals surface area contributed by atoms with E-state index in [0.29, 0.717) is 26.6 Å². The number of fused-ring (bicyclic) bond motifs is 4. The highest BCUT2D eigenvalue weighted by atomic mass is 32.2. The van der Waals surface area contributed by atoms with Gasteiger partial charge in [0.2, 0.25) is 5.91 Å². The van der Waals surface area contributed by atoms with E-state index in [9.17, 15) is 14.9 Å². The number of thioether (sulfide) groups is 1. The molecule has 0 aliphatic heterocycles. The van der Waals surface area contributed by atoms with Gasteiger partial charge in [0, 0.05) is 11.9 Å². The van der Waals surface area contributed by atoms with E-state index in [4.69, 9.17) is 0 Å². The fourth-order valence-electron chi connectivity index (χ4n) is 4.08. The Morgan fingerprint density at radius 1 is 1.21 bits per heavy atom. The number of benzene rings is 2. The normalized spacial score (nSPS) is 13.1. The first-order valence-electron chi connectivity index (χ1n) is 10.5. The predicted molar refractivity (Wildman–Crippen MR) is 133 cm³/mol. The van der Waals surface area contributed by atoms with Crippen molar-refractivity contribution in [3.63, 3.8) is 0 Å². The van der Waals surface area contributed by atoms with Crippen LogP contribution in [0.4, 0.5) is 5.00 Å². The molecule has 1 amide bonds. The summed E-state index contributed by atoms with van der Waals surface area (Å²) in [6.07, 6.45) is 1.67. The topological polar surface area (TPSA) is 87.8 Å². The van der Waals surface area contributed by atoms with Gasteiger partial charge >= 0.3 is 0 Å². The zero-order chi connectivity index (χ0) is 23.1. The molecule has 0 saturated heterocycles. The van der Waals surface area contributed by atoms with Gasteiger partial charge in [-0.2, -0.15) is 5.26 Å². The van der Waals surface area contributed by atoms with Gasteiger partial charge in [-0.25, -0.2) is 4.98 Å². The lowest BCUT2D eigenvalue weighted by Gasteiger charge is -2.15. The van der Waals surface area contributed by atoms with Crippen LogP contribution in [0.25, 0.3) is 21.3 Å². The molecule has 0 fully saturated rings. The lowest BCUT2D eigenvalue weighted by atomic mass is 9.90. The van der Waals surface area contributed by atoms with Crippen molar-refractivity contribution >= 4 is 44.9 Å². The molecule has 33 heavy (non-hydrogen) atoms. The minimum atomic E-state index is -0.512. The number of para-hydroxylation sites is 1. The lowest BCUT2D eigenvalue weighted by molar-refractivity contribution is -0.115. The fourth-order valence-corrected chi connectivity index (χ4v) is 6.21. The van der Waals surface area contributed by atoms with Crippen molar-refractivity contribution in [2.75, 3.05) is 5.32 Å². The summed E-state index contributed by atoms with van der Waals surface area (Å²) in [6.45, 7) is 1.77. The fraction of sp³-hybridized carbons (Fsp3) is 0.200. The summed E-state index contributed by atoms with van der Waals surface area (Å²) in [7, 11) is 1.66. The van der Waals surface area contributed by atoms with Crippen molar-refractivity contribution < 1.29 is 4.79 Å². The maximum absolute atomic E-state index is 13.1. The number of aryl methyl sites for hydroxylation is 1. The first-order chi connectivity index (χ1) is 16.0. The van der Waals surface area contributed by atoms with Crippen molar-refractivity contribution in [1.82, 2.24) is 9.55 Å². The summed E-state index contributed by atoms with van der Waals surface area (Å²) >= 11 is 2.68. The molecule has 2 aromatic heterocycles. The van der Waals surface area contributed by atoms with Gasteiger partial charge in [0.05, 0.1) is 21.7 Å². The summed E-state index contributed by atoms with van der Waals surface area (Å²) in [5.74, 6) is -0.231. The average Bonchev–Trinajstić information content (AvgIpc) is 3.19. The number of thiophene rings is 1. The SMILES string of the molecule is CC(Sc1nc2ccccc2c(=O)n1C)C(=O)Nc1sc2c(c1C#N)CCc1ccccc1-2. The highest BCUT2D eigenvalue weighted by Gasteiger charge is 2.26. The monoisotopic (exact) mass is 472 g/mol. The molecule has 0 bridgehead atoms. The molecule has 1 aliphatic carbocycles. The van der Waals surface area contributed by atoms with Crippen molar-refractivity contribution in [3.8, 4) is 16.5 Å². The standard InChI is InChI=1S/C25H20N4O2S2/c1-14(32-25-27-20-10-6-5-9-18(20)24(31)29(25)2)22(30)28-23-19(13-26)17-12-11-15-7-3-4-8-16(15)21(17)33-23/h3-10,14H,11-12H2,1-2H3,(H,28,30). The molecule has 2 aromatic carbocycles. The van der Waals surface area contributed by atoms with Crippen molar-refractivity contribution in [3.05, 3.63) is 75.6 Å². The van der Waals surface area contributed by atoms with E-state index >= 15 is 0 Å². The summed E-state index contributed by atoms with van der Waals surface area (Å²) in [6, 6.07) is 17.7. The number of nitriles is 1. The molecule has 0 spiro atoms. The molecule has 0 radical (unpaired) electrons. The molecule has 2 heterocycles. The molecule has 4 aromatic rings. The van der Waals surface area contributed by atoms with E-state index in [2.05, 4.69) is 28.5 Å². The summed E-state index contributed by atoms with van der Waals surface area (Å²) in [4.78, 5) is 31.3. The Balaban J connectivity index is 1.42. The van der Waals surface area contributed by atoms with Gasteiger partial charge in [-0.05, 0) is 48.6 Å². The van der Waals surface area contributed by atoms with Crippen LogP contribution in [-0.4, -0.2) is 20.7 Å². The quantitative estimate of drug-likeness (QED) is 0.342. The van der Waals surface area contributed by atoms with E-state index < -0.39 is 5.25 Å². The third-order valence-electron chi connectivity index (χ3n) is 5.86.